The number of aliphatic carboxylic acids is 1. The molecule has 2 unspecified atom stereocenters. The second-order valence-corrected chi connectivity index (χ2v) is 3.60. The van der Waals surface area contributed by atoms with E-state index >= 15 is 0 Å². The fourth-order valence-corrected chi connectivity index (χ4v) is 1.81. The summed E-state index contributed by atoms with van der Waals surface area (Å²) in [6.07, 6.45) is 2.15. The topological polar surface area (TPSA) is 57.6 Å². The molecule has 1 amide bonds. The van der Waals surface area contributed by atoms with Crippen LogP contribution < -0.4 is 0 Å². The maximum absolute atomic E-state index is 11.1. The SMILES string of the molecule is C=CC1CN(C(C)=O)CCC1C(=O)O. The van der Waals surface area contributed by atoms with Crippen LogP contribution in [0.2, 0.25) is 0 Å². The third-order valence-electron chi connectivity index (χ3n) is 2.72. The van der Waals surface area contributed by atoms with Crippen LogP contribution in [-0.4, -0.2) is 35.0 Å². The Balaban J connectivity index is 2.68. The monoisotopic (exact) mass is 197 g/mol. The number of carboxylic acid groups (broad SMARTS) is 1. The van der Waals surface area contributed by atoms with Crippen molar-refractivity contribution in [1.29, 1.82) is 0 Å². The van der Waals surface area contributed by atoms with E-state index in [4.69, 9.17) is 5.11 Å². The Morgan fingerprint density at radius 2 is 2.21 bits per heavy atom. The van der Waals surface area contributed by atoms with Gasteiger partial charge in [0.05, 0.1) is 5.92 Å². The molecule has 1 aliphatic rings. The van der Waals surface area contributed by atoms with Crippen molar-refractivity contribution in [2.75, 3.05) is 13.1 Å². The van der Waals surface area contributed by atoms with Crippen LogP contribution >= 0.6 is 0 Å². The van der Waals surface area contributed by atoms with Crippen molar-refractivity contribution in [3.63, 3.8) is 0 Å². The lowest BCUT2D eigenvalue weighted by Crippen LogP contribution is -2.44. The zero-order valence-corrected chi connectivity index (χ0v) is 8.27. The molecule has 0 radical (unpaired) electrons. The van der Waals surface area contributed by atoms with Crippen molar-refractivity contribution in [3.05, 3.63) is 12.7 Å². The summed E-state index contributed by atoms with van der Waals surface area (Å²) >= 11 is 0. The lowest BCUT2D eigenvalue weighted by Gasteiger charge is -2.34. The van der Waals surface area contributed by atoms with Crippen LogP contribution in [0.5, 0.6) is 0 Å². The molecule has 14 heavy (non-hydrogen) atoms. The summed E-state index contributed by atoms with van der Waals surface area (Å²) in [6, 6.07) is 0. The van der Waals surface area contributed by atoms with Crippen molar-refractivity contribution in [2.24, 2.45) is 11.8 Å². The first kappa shape index (κ1) is 10.8. The number of likely N-dealkylation sites (tertiary alicyclic amines) is 1. The minimum Gasteiger partial charge on any atom is -0.481 e. The molecule has 1 N–H and O–H groups in total. The van der Waals surface area contributed by atoms with E-state index in [1.165, 1.54) is 6.92 Å². The predicted octanol–water partition coefficient (Wildman–Crippen LogP) is 0.742. The van der Waals surface area contributed by atoms with Crippen molar-refractivity contribution in [1.82, 2.24) is 4.90 Å². The second kappa shape index (κ2) is 4.26. The molecule has 1 rings (SSSR count). The Hall–Kier alpha value is -1.32. The van der Waals surface area contributed by atoms with E-state index < -0.39 is 5.97 Å². The molecular weight excluding hydrogens is 182 g/mol. The smallest absolute Gasteiger partial charge is 0.307 e. The van der Waals surface area contributed by atoms with E-state index in [1.807, 2.05) is 0 Å². The lowest BCUT2D eigenvalue weighted by atomic mass is 9.85. The van der Waals surface area contributed by atoms with Gasteiger partial charge in [0.2, 0.25) is 5.91 Å². The lowest BCUT2D eigenvalue weighted by molar-refractivity contribution is -0.147. The standard InChI is InChI=1S/C10H15NO3/c1-3-8-6-11(7(2)12)5-4-9(8)10(13)14/h3,8-9H,1,4-6H2,2H3,(H,13,14). The number of amides is 1. The fraction of sp³-hybridized carbons (Fsp3) is 0.600. The highest BCUT2D eigenvalue weighted by Gasteiger charge is 2.32. The van der Waals surface area contributed by atoms with Crippen LogP contribution in [0.25, 0.3) is 0 Å². The Labute approximate surface area is 83.2 Å². The third-order valence-corrected chi connectivity index (χ3v) is 2.72. The average molecular weight is 197 g/mol. The second-order valence-electron chi connectivity index (χ2n) is 3.60. The molecule has 0 aliphatic carbocycles. The predicted molar refractivity (Wildman–Crippen MR) is 51.7 cm³/mol. The normalized spacial score (nSPS) is 27.1. The summed E-state index contributed by atoms with van der Waals surface area (Å²) in [5.74, 6) is -1.30. The number of hydrogen-bond donors (Lipinski definition) is 1. The zero-order valence-electron chi connectivity index (χ0n) is 8.27. The molecule has 1 heterocycles. The van der Waals surface area contributed by atoms with Gasteiger partial charge >= 0.3 is 5.97 Å². The minimum atomic E-state index is -0.793. The molecular formula is C10H15NO3. The van der Waals surface area contributed by atoms with Crippen LogP contribution in [0.4, 0.5) is 0 Å². The van der Waals surface area contributed by atoms with Gasteiger partial charge < -0.3 is 10.0 Å². The maximum atomic E-state index is 11.1. The average Bonchev–Trinajstić information content (AvgIpc) is 2.16. The van der Waals surface area contributed by atoms with Gasteiger partial charge in [-0.05, 0) is 6.42 Å². The van der Waals surface area contributed by atoms with Gasteiger partial charge in [-0.1, -0.05) is 6.08 Å². The van der Waals surface area contributed by atoms with Crippen LogP contribution in [0.15, 0.2) is 12.7 Å². The van der Waals surface area contributed by atoms with E-state index in [0.29, 0.717) is 19.5 Å². The molecule has 4 nitrogen and oxygen atoms in total. The molecule has 1 saturated heterocycles. The molecule has 0 aromatic carbocycles. The highest BCUT2D eigenvalue weighted by atomic mass is 16.4. The van der Waals surface area contributed by atoms with E-state index in [9.17, 15) is 9.59 Å². The highest BCUT2D eigenvalue weighted by Crippen LogP contribution is 2.24. The molecule has 78 valence electrons. The molecule has 1 fully saturated rings. The number of piperidine rings is 1. The molecule has 0 spiro atoms. The van der Waals surface area contributed by atoms with Gasteiger partial charge in [0, 0.05) is 25.9 Å². The Kier molecular flexibility index (Phi) is 3.28. The fourth-order valence-electron chi connectivity index (χ4n) is 1.81. The summed E-state index contributed by atoms with van der Waals surface area (Å²) in [5.41, 5.74) is 0. The quantitative estimate of drug-likeness (QED) is 0.664. The van der Waals surface area contributed by atoms with Crippen LogP contribution in [-0.2, 0) is 9.59 Å². The van der Waals surface area contributed by atoms with E-state index in [1.54, 1.807) is 11.0 Å². The van der Waals surface area contributed by atoms with E-state index in [2.05, 4.69) is 6.58 Å². The Morgan fingerprint density at radius 3 is 2.64 bits per heavy atom. The molecule has 0 bridgehead atoms. The van der Waals surface area contributed by atoms with Crippen molar-refractivity contribution >= 4 is 11.9 Å². The highest BCUT2D eigenvalue weighted by molar-refractivity contribution is 5.75. The van der Waals surface area contributed by atoms with Crippen LogP contribution in [0.1, 0.15) is 13.3 Å². The van der Waals surface area contributed by atoms with Crippen LogP contribution in [0.3, 0.4) is 0 Å². The van der Waals surface area contributed by atoms with Gasteiger partial charge in [-0.3, -0.25) is 9.59 Å². The number of rotatable bonds is 2. The summed E-state index contributed by atoms with van der Waals surface area (Å²) in [7, 11) is 0. The first-order chi connectivity index (χ1) is 6.56. The summed E-state index contributed by atoms with van der Waals surface area (Å²) < 4.78 is 0. The molecule has 2 atom stereocenters. The molecule has 0 aromatic rings. The number of carboxylic acids is 1. The first-order valence-electron chi connectivity index (χ1n) is 4.67. The van der Waals surface area contributed by atoms with Gasteiger partial charge in [0.1, 0.15) is 0 Å². The summed E-state index contributed by atoms with van der Waals surface area (Å²) in [6.45, 7) is 6.13. The number of nitrogens with zero attached hydrogens (tertiary/aromatic N) is 1. The third kappa shape index (κ3) is 2.13. The van der Waals surface area contributed by atoms with Gasteiger partial charge in [0.15, 0.2) is 0 Å². The van der Waals surface area contributed by atoms with Crippen molar-refractivity contribution < 1.29 is 14.7 Å². The van der Waals surface area contributed by atoms with Crippen molar-refractivity contribution in [3.8, 4) is 0 Å². The molecule has 0 saturated carbocycles. The summed E-state index contributed by atoms with van der Waals surface area (Å²) in [5, 5.41) is 8.91. The number of carbonyl (C=O) groups excluding carboxylic acids is 1. The largest absolute Gasteiger partial charge is 0.481 e. The Morgan fingerprint density at radius 1 is 1.57 bits per heavy atom. The first-order valence-corrected chi connectivity index (χ1v) is 4.67. The van der Waals surface area contributed by atoms with Gasteiger partial charge in [-0.2, -0.15) is 0 Å². The van der Waals surface area contributed by atoms with E-state index in [0.717, 1.165) is 0 Å². The number of carbonyl (C=O) groups is 2. The molecule has 1 aliphatic heterocycles. The molecule has 0 aromatic heterocycles. The van der Waals surface area contributed by atoms with Gasteiger partial charge in [-0.15, -0.1) is 6.58 Å². The van der Waals surface area contributed by atoms with Gasteiger partial charge in [-0.25, -0.2) is 0 Å². The maximum Gasteiger partial charge on any atom is 0.307 e. The summed E-state index contributed by atoms with van der Waals surface area (Å²) in [4.78, 5) is 23.6. The van der Waals surface area contributed by atoms with E-state index in [-0.39, 0.29) is 17.7 Å². The number of hydrogen-bond acceptors (Lipinski definition) is 2. The Bertz CT molecular complexity index is 262. The van der Waals surface area contributed by atoms with Crippen molar-refractivity contribution in [2.45, 2.75) is 13.3 Å². The molecule has 4 heteroatoms. The van der Waals surface area contributed by atoms with Gasteiger partial charge in [0.25, 0.3) is 0 Å². The van der Waals surface area contributed by atoms with Crippen LogP contribution in [0, 0.1) is 11.8 Å². The minimum absolute atomic E-state index is 0.000638. The zero-order chi connectivity index (χ0) is 10.7.